The fourth-order valence-corrected chi connectivity index (χ4v) is 2.04. The molecule has 0 unspecified atom stereocenters. The number of hydrogen-bond donors (Lipinski definition) is 0. The molecule has 1 aromatic carbocycles. The first-order valence-corrected chi connectivity index (χ1v) is 5.61. The smallest absolute Gasteiger partial charge is 0.228 e. The van der Waals surface area contributed by atoms with Crippen LogP contribution in [0.15, 0.2) is 18.2 Å². The van der Waals surface area contributed by atoms with Crippen molar-refractivity contribution in [1.29, 1.82) is 5.26 Å². The highest BCUT2D eigenvalue weighted by Crippen LogP contribution is 2.33. The van der Waals surface area contributed by atoms with Crippen molar-refractivity contribution >= 4 is 11.6 Å². The Hall–Kier alpha value is -2.22. The molecule has 1 saturated heterocycles. The summed E-state index contributed by atoms with van der Waals surface area (Å²) in [6.07, 6.45) is 0.283. The number of benzene rings is 1. The first-order valence-electron chi connectivity index (χ1n) is 5.61. The number of nitriles is 1. The van der Waals surface area contributed by atoms with E-state index in [2.05, 4.69) is 6.07 Å². The zero-order valence-corrected chi connectivity index (χ0v) is 10.3. The second-order valence-corrected chi connectivity index (χ2v) is 4.07. The highest BCUT2D eigenvalue weighted by atomic mass is 16.5. The third kappa shape index (κ3) is 2.09. The first kappa shape index (κ1) is 12.2. The summed E-state index contributed by atoms with van der Waals surface area (Å²) < 4.78 is 10.3. The number of hydrogen-bond acceptors (Lipinski definition) is 4. The number of carbonyl (C=O) groups excluding carboxylic acids is 1. The number of ether oxygens (including phenoxy) is 2. The minimum atomic E-state index is -0.231. The normalized spacial score (nSPS) is 18.6. The maximum absolute atomic E-state index is 11.8. The highest BCUT2D eigenvalue weighted by molar-refractivity contribution is 5.96. The van der Waals surface area contributed by atoms with Gasteiger partial charge in [0.15, 0.2) is 11.5 Å². The Morgan fingerprint density at radius 1 is 1.33 bits per heavy atom. The molecule has 18 heavy (non-hydrogen) atoms. The Balaban J connectivity index is 2.30. The van der Waals surface area contributed by atoms with Gasteiger partial charge in [-0.05, 0) is 12.1 Å². The number of rotatable bonds is 3. The lowest BCUT2D eigenvalue weighted by Gasteiger charge is -2.17. The fourth-order valence-electron chi connectivity index (χ4n) is 2.04. The second-order valence-electron chi connectivity index (χ2n) is 4.07. The van der Waals surface area contributed by atoms with Crippen LogP contribution >= 0.6 is 0 Å². The molecule has 0 aliphatic carbocycles. The summed E-state index contributed by atoms with van der Waals surface area (Å²) in [5.41, 5.74) is 0.732. The largest absolute Gasteiger partial charge is 0.493 e. The van der Waals surface area contributed by atoms with E-state index < -0.39 is 0 Å². The summed E-state index contributed by atoms with van der Waals surface area (Å²) >= 11 is 0. The lowest BCUT2D eigenvalue weighted by Crippen LogP contribution is -2.24. The minimum absolute atomic E-state index is 0.0335. The van der Waals surface area contributed by atoms with E-state index in [1.54, 1.807) is 37.3 Å². The van der Waals surface area contributed by atoms with Crippen molar-refractivity contribution in [2.45, 2.75) is 6.42 Å². The quantitative estimate of drug-likeness (QED) is 0.812. The van der Waals surface area contributed by atoms with Crippen LogP contribution in [-0.4, -0.2) is 26.7 Å². The van der Waals surface area contributed by atoms with Gasteiger partial charge in [0, 0.05) is 24.7 Å². The van der Waals surface area contributed by atoms with Crippen LogP contribution in [0.4, 0.5) is 5.69 Å². The molecule has 0 saturated carbocycles. The van der Waals surface area contributed by atoms with E-state index in [4.69, 9.17) is 14.7 Å². The predicted octanol–water partition coefficient (Wildman–Crippen LogP) is 1.58. The Bertz CT molecular complexity index is 507. The Morgan fingerprint density at radius 3 is 2.61 bits per heavy atom. The molecule has 0 spiro atoms. The molecule has 1 heterocycles. The van der Waals surface area contributed by atoms with Crippen LogP contribution in [0.1, 0.15) is 6.42 Å². The molecule has 2 rings (SSSR count). The van der Waals surface area contributed by atoms with Crippen molar-refractivity contribution in [2.75, 3.05) is 25.7 Å². The SMILES string of the molecule is COc1ccc(N2C[C@@H](C#N)CC2=O)cc1OC. The van der Waals surface area contributed by atoms with E-state index in [9.17, 15) is 4.79 Å². The Kier molecular flexibility index (Phi) is 3.38. The van der Waals surface area contributed by atoms with Crippen LogP contribution in [0.2, 0.25) is 0 Å². The maximum Gasteiger partial charge on any atom is 0.228 e. The highest BCUT2D eigenvalue weighted by Gasteiger charge is 2.30. The third-order valence-corrected chi connectivity index (χ3v) is 2.99. The van der Waals surface area contributed by atoms with Gasteiger partial charge in [0.1, 0.15) is 0 Å². The maximum atomic E-state index is 11.8. The van der Waals surface area contributed by atoms with E-state index in [0.717, 1.165) is 5.69 Å². The van der Waals surface area contributed by atoms with Crippen LogP contribution in [0, 0.1) is 17.2 Å². The number of nitrogens with zero attached hydrogens (tertiary/aromatic N) is 2. The summed E-state index contributed by atoms with van der Waals surface area (Å²) in [5, 5.41) is 8.86. The van der Waals surface area contributed by atoms with E-state index in [1.165, 1.54) is 0 Å². The Morgan fingerprint density at radius 2 is 2.06 bits per heavy atom. The molecule has 1 atom stereocenters. The monoisotopic (exact) mass is 246 g/mol. The number of amides is 1. The lowest BCUT2D eigenvalue weighted by atomic mass is 10.1. The van der Waals surface area contributed by atoms with Gasteiger partial charge in [-0.2, -0.15) is 5.26 Å². The summed E-state index contributed by atoms with van der Waals surface area (Å²) in [6, 6.07) is 7.42. The molecule has 0 aromatic heterocycles. The third-order valence-electron chi connectivity index (χ3n) is 2.99. The summed E-state index contributed by atoms with van der Waals surface area (Å²) in [4.78, 5) is 13.4. The van der Waals surface area contributed by atoms with E-state index >= 15 is 0 Å². The van der Waals surface area contributed by atoms with E-state index in [1.807, 2.05) is 0 Å². The molecule has 5 nitrogen and oxygen atoms in total. The van der Waals surface area contributed by atoms with Gasteiger partial charge in [-0.1, -0.05) is 0 Å². The Labute approximate surface area is 106 Å². The molecule has 1 aromatic rings. The van der Waals surface area contributed by atoms with Gasteiger partial charge in [0.2, 0.25) is 5.91 Å². The lowest BCUT2D eigenvalue weighted by molar-refractivity contribution is -0.117. The zero-order chi connectivity index (χ0) is 13.1. The van der Waals surface area contributed by atoms with Crippen LogP contribution < -0.4 is 14.4 Å². The van der Waals surface area contributed by atoms with Gasteiger partial charge in [0.05, 0.1) is 26.2 Å². The van der Waals surface area contributed by atoms with E-state index in [0.29, 0.717) is 18.0 Å². The van der Waals surface area contributed by atoms with Crippen molar-refractivity contribution in [3.63, 3.8) is 0 Å². The van der Waals surface area contributed by atoms with Crippen LogP contribution in [0.5, 0.6) is 11.5 Å². The topological polar surface area (TPSA) is 62.6 Å². The molecule has 0 bridgehead atoms. The molecule has 1 amide bonds. The summed E-state index contributed by atoms with van der Waals surface area (Å²) in [5.74, 6) is 0.923. The molecule has 1 aliphatic heterocycles. The fraction of sp³-hybridized carbons (Fsp3) is 0.385. The van der Waals surface area contributed by atoms with Crippen molar-refractivity contribution in [1.82, 2.24) is 0 Å². The van der Waals surface area contributed by atoms with E-state index in [-0.39, 0.29) is 18.2 Å². The molecule has 0 N–H and O–H groups in total. The van der Waals surface area contributed by atoms with Crippen LogP contribution in [0.3, 0.4) is 0 Å². The van der Waals surface area contributed by atoms with Gasteiger partial charge < -0.3 is 14.4 Å². The van der Waals surface area contributed by atoms with Gasteiger partial charge in [-0.25, -0.2) is 0 Å². The molecule has 5 heteroatoms. The van der Waals surface area contributed by atoms with Gasteiger partial charge in [-0.15, -0.1) is 0 Å². The van der Waals surface area contributed by atoms with Crippen molar-refractivity contribution in [3.05, 3.63) is 18.2 Å². The van der Waals surface area contributed by atoms with Crippen LogP contribution in [0.25, 0.3) is 0 Å². The predicted molar refractivity (Wildman–Crippen MR) is 65.6 cm³/mol. The van der Waals surface area contributed by atoms with Crippen LogP contribution in [-0.2, 0) is 4.79 Å². The molecule has 1 aliphatic rings. The number of anilines is 1. The average molecular weight is 246 g/mol. The average Bonchev–Trinajstić information content (AvgIpc) is 2.79. The molecular formula is C13H14N2O3. The second kappa shape index (κ2) is 4.96. The standard InChI is InChI=1S/C13H14N2O3/c1-17-11-4-3-10(6-12(11)18-2)15-8-9(7-14)5-13(15)16/h3-4,6,9H,5,8H2,1-2H3/t9-/m1/s1. The van der Waals surface area contributed by atoms with Crippen molar-refractivity contribution in [2.24, 2.45) is 5.92 Å². The summed E-state index contributed by atoms with van der Waals surface area (Å²) in [6.45, 7) is 0.435. The number of methoxy groups -OCH3 is 2. The zero-order valence-electron chi connectivity index (χ0n) is 10.3. The molecule has 94 valence electrons. The number of carbonyl (C=O) groups is 1. The van der Waals surface area contributed by atoms with Gasteiger partial charge in [-0.3, -0.25) is 4.79 Å². The van der Waals surface area contributed by atoms with Crippen molar-refractivity contribution < 1.29 is 14.3 Å². The molecular weight excluding hydrogens is 232 g/mol. The van der Waals surface area contributed by atoms with Gasteiger partial charge >= 0.3 is 0 Å². The molecule has 0 radical (unpaired) electrons. The van der Waals surface area contributed by atoms with Crippen molar-refractivity contribution in [3.8, 4) is 17.6 Å². The van der Waals surface area contributed by atoms with Gasteiger partial charge in [0.25, 0.3) is 0 Å². The first-order chi connectivity index (χ1) is 8.69. The molecule has 1 fully saturated rings. The summed E-state index contributed by atoms with van der Waals surface area (Å²) in [7, 11) is 3.11. The minimum Gasteiger partial charge on any atom is -0.493 e.